The lowest BCUT2D eigenvalue weighted by Gasteiger charge is -2.27. The van der Waals surface area contributed by atoms with Gasteiger partial charge in [-0.1, -0.05) is 6.92 Å². The second kappa shape index (κ2) is 6.18. The summed E-state index contributed by atoms with van der Waals surface area (Å²) < 4.78 is 11.7. The van der Waals surface area contributed by atoms with Gasteiger partial charge in [-0.15, -0.1) is 0 Å². The van der Waals surface area contributed by atoms with Crippen LogP contribution in [0.5, 0.6) is 11.5 Å². The van der Waals surface area contributed by atoms with Gasteiger partial charge in [0.1, 0.15) is 11.5 Å². The summed E-state index contributed by atoms with van der Waals surface area (Å²) in [5, 5.41) is 0. The molecule has 0 bridgehead atoms. The third kappa shape index (κ3) is 4.34. The zero-order valence-corrected chi connectivity index (χ0v) is 12.2. The van der Waals surface area contributed by atoms with Crippen LogP contribution in [0.25, 0.3) is 0 Å². The van der Waals surface area contributed by atoms with Crippen LogP contribution in [0.15, 0.2) is 18.2 Å². The molecule has 1 saturated carbocycles. The molecule has 3 heteroatoms. The Labute approximate surface area is 116 Å². The number of hydrogen-bond donors (Lipinski definition) is 1. The van der Waals surface area contributed by atoms with Gasteiger partial charge in [-0.2, -0.15) is 0 Å². The molecule has 0 amide bonds. The molecule has 1 aliphatic rings. The Kier molecular flexibility index (Phi) is 4.56. The van der Waals surface area contributed by atoms with Crippen molar-refractivity contribution < 1.29 is 9.47 Å². The highest BCUT2D eigenvalue weighted by molar-refractivity contribution is 5.50. The largest absolute Gasteiger partial charge is 0.491 e. The molecule has 1 fully saturated rings. The Morgan fingerprint density at radius 2 is 1.68 bits per heavy atom. The summed E-state index contributed by atoms with van der Waals surface area (Å²) in [6, 6.07) is 5.66. The zero-order chi connectivity index (χ0) is 13.8. The number of rotatable bonds is 4. The van der Waals surface area contributed by atoms with Gasteiger partial charge < -0.3 is 15.2 Å². The van der Waals surface area contributed by atoms with Crippen molar-refractivity contribution in [1.29, 1.82) is 0 Å². The number of ether oxygens (including phenoxy) is 2. The molecule has 2 rings (SSSR count). The zero-order valence-electron chi connectivity index (χ0n) is 12.2. The molecule has 0 heterocycles. The smallest absolute Gasteiger partial charge is 0.125 e. The van der Waals surface area contributed by atoms with E-state index in [1.807, 2.05) is 32.0 Å². The van der Waals surface area contributed by atoms with Gasteiger partial charge >= 0.3 is 0 Å². The molecule has 3 nitrogen and oxygen atoms in total. The van der Waals surface area contributed by atoms with Gasteiger partial charge in [0.05, 0.1) is 12.2 Å². The first-order chi connectivity index (χ1) is 9.02. The molecule has 1 aromatic carbocycles. The standard InChI is InChI=1S/C16H25NO2/c1-11(2)18-15-8-13(17)9-16(10-15)19-14-6-4-12(3)5-7-14/h8-12,14H,4-7,17H2,1-3H3. The van der Waals surface area contributed by atoms with Gasteiger partial charge in [-0.3, -0.25) is 0 Å². The van der Waals surface area contributed by atoms with Crippen molar-refractivity contribution in [2.45, 2.75) is 58.7 Å². The topological polar surface area (TPSA) is 44.5 Å². The molecule has 1 aliphatic carbocycles. The average Bonchev–Trinajstić information content (AvgIpc) is 2.30. The summed E-state index contributed by atoms with van der Waals surface area (Å²) in [5.74, 6) is 2.45. The summed E-state index contributed by atoms with van der Waals surface area (Å²) >= 11 is 0. The quantitative estimate of drug-likeness (QED) is 0.835. The fourth-order valence-corrected chi connectivity index (χ4v) is 2.54. The Bertz CT molecular complexity index is 409. The Morgan fingerprint density at radius 1 is 1.05 bits per heavy atom. The molecule has 0 spiro atoms. The van der Waals surface area contributed by atoms with E-state index in [1.165, 1.54) is 12.8 Å². The van der Waals surface area contributed by atoms with Gasteiger partial charge in [0.15, 0.2) is 0 Å². The molecular formula is C16H25NO2. The van der Waals surface area contributed by atoms with Gasteiger partial charge in [-0.25, -0.2) is 0 Å². The monoisotopic (exact) mass is 263 g/mol. The van der Waals surface area contributed by atoms with Crippen molar-refractivity contribution >= 4 is 5.69 Å². The van der Waals surface area contributed by atoms with Crippen molar-refractivity contribution in [1.82, 2.24) is 0 Å². The van der Waals surface area contributed by atoms with E-state index in [4.69, 9.17) is 15.2 Å². The van der Waals surface area contributed by atoms with Gasteiger partial charge in [0, 0.05) is 23.9 Å². The highest BCUT2D eigenvalue weighted by Crippen LogP contribution is 2.30. The molecule has 19 heavy (non-hydrogen) atoms. The van der Waals surface area contributed by atoms with Gasteiger partial charge in [0.25, 0.3) is 0 Å². The number of nitrogen functional groups attached to an aromatic ring is 1. The van der Waals surface area contributed by atoms with Crippen LogP contribution in [0, 0.1) is 5.92 Å². The van der Waals surface area contributed by atoms with E-state index in [-0.39, 0.29) is 6.10 Å². The maximum Gasteiger partial charge on any atom is 0.125 e. The van der Waals surface area contributed by atoms with Crippen LogP contribution in [-0.2, 0) is 0 Å². The lowest BCUT2D eigenvalue weighted by molar-refractivity contribution is 0.135. The summed E-state index contributed by atoms with van der Waals surface area (Å²) in [5.41, 5.74) is 6.59. The lowest BCUT2D eigenvalue weighted by Crippen LogP contribution is -2.23. The maximum atomic E-state index is 6.05. The third-order valence-electron chi connectivity index (χ3n) is 3.54. The van der Waals surface area contributed by atoms with E-state index < -0.39 is 0 Å². The van der Waals surface area contributed by atoms with E-state index >= 15 is 0 Å². The van der Waals surface area contributed by atoms with E-state index in [2.05, 4.69) is 6.92 Å². The second-order valence-corrected chi connectivity index (χ2v) is 5.90. The molecule has 0 atom stereocenters. The predicted octanol–water partition coefficient (Wildman–Crippen LogP) is 4.01. The Hall–Kier alpha value is -1.38. The molecule has 2 N–H and O–H groups in total. The van der Waals surface area contributed by atoms with Crippen LogP contribution < -0.4 is 15.2 Å². The highest BCUT2D eigenvalue weighted by Gasteiger charge is 2.19. The first-order valence-corrected chi connectivity index (χ1v) is 7.27. The lowest BCUT2D eigenvalue weighted by atomic mass is 9.89. The van der Waals surface area contributed by atoms with Crippen molar-refractivity contribution in [3.63, 3.8) is 0 Å². The number of anilines is 1. The average molecular weight is 263 g/mol. The molecule has 0 radical (unpaired) electrons. The van der Waals surface area contributed by atoms with Crippen molar-refractivity contribution in [2.24, 2.45) is 5.92 Å². The summed E-state index contributed by atoms with van der Waals surface area (Å²) in [4.78, 5) is 0. The molecular weight excluding hydrogens is 238 g/mol. The molecule has 1 aromatic rings. The minimum atomic E-state index is 0.144. The summed E-state index contributed by atoms with van der Waals surface area (Å²) in [6.07, 6.45) is 5.24. The van der Waals surface area contributed by atoms with Crippen LogP contribution in [0.1, 0.15) is 46.5 Å². The maximum absolute atomic E-state index is 6.05. The van der Waals surface area contributed by atoms with Crippen LogP contribution >= 0.6 is 0 Å². The van der Waals surface area contributed by atoms with E-state index in [0.717, 1.165) is 30.3 Å². The first-order valence-electron chi connectivity index (χ1n) is 7.27. The van der Waals surface area contributed by atoms with Gasteiger partial charge in [0.2, 0.25) is 0 Å². The fourth-order valence-electron chi connectivity index (χ4n) is 2.54. The summed E-state index contributed by atoms with van der Waals surface area (Å²) in [6.45, 7) is 6.32. The molecule has 0 unspecified atom stereocenters. The van der Waals surface area contributed by atoms with E-state index in [0.29, 0.717) is 11.8 Å². The SMILES string of the molecule is CC1CCC(Oc2cc(N)cc(OC(C)C)c2)CC1. The molecule has 0 saturated heterocycles. The van der Waals surface area contributed by atoms with Crippen LogP contribution in [0.4, 0.5) is 5.69 Å². The number of nitrogens with two attached hydrogens (primary N) is 1. The highest BCUT2D eigenvalue weighted by atomic mass is 16.5. The second-order valence-electron chi connectivity index (χ2n) is 5.90. The van der Waals surface area contributed by atoms with Crippen LogP contribution in [0.3, 0.4) is 0 Å². The first kappa shape index (κ1) is 14.0. The normalized spacial score (nSPS) is 23.4. The molecule has 0 aromatic heterocycles. The number of hydrogen-bond acceptors (Lipinski definition) is 3. The predicted molar refractivity (Wildman–Crippen MR) is 78.7 cm³/mol. The van der Waals surface area contributed by atoms with Gasteiger partial charge in [-0.05, 0) is 45.4 Å². The van der Waals surface area contributed by atoms with Crippen molar-refractivity contribution in [2.75, 3.05) is 5.73 Å². The molecule has 106 valence electrons. The van der Waals surface area contributed by atoms with Crippen LogP contribution in [-0.4, -0.2) is 12.2 Å². The summed E-state index contributed by atoms with van der Waals surface area (Å²) in [7, 11) is 0. The van der Waals surface area contributed by atoms with Crippen molar-refractivity contribution in [3.05, 3.63) is 18.2 Å². The molecule has 0 aliphatic heterocycles. The third-order valence-corrected chi connectivity index (χ3v) is 3.54. The van der Waals surface area contributed by atoms with E-state index in [1.54, 1.807) is 0 Å². The van der Waals surface area contributed by atoms with E-state index in [9.17, 15) is 0 Å². The number of benzene rings is 1. The van der Waals surface area contributed by atoms with Crippen LogP contribution in [0.2, 0.25) is 0 Å². The fraction of sp³-hybridized carbons (Fsp3) is 0.625. The Balaban J connectivity index is 2.01. The minimum absolute atomic E-state index is 0.144. The Morgan fingerprint density at radius 3 is 2.32 bits per heavy atom. The van der Waals surface area contributed by atoms with Crippen molar-refractivity contribution in [3.8, 4) is 11.5 Å². The minimum Gasteiger partial charge on any atom is -0.491 e.